The van der Waals surface area contributed by atoms with Gasteiger partial charge in [0.2, 0.25) is 11.8 Å². The second-order valence-electron chi connectivity index (χ2n) is 3.87. The van der Waals surface area contributed by atoms with Gasteiger partial charge >= 0.3 is 5.97 Å². The second-order valence-corrected chi connectivity index (χ2v) is 4.92. The average molecular weight is 300 g/mol. The minimum atomic E-state index is -1.34. The summed E-state index contributed by atoms with van der Waals surface area (Å²) in [5.41, 5.74) is 4.89. The van der Waals surface area contributed by atoms with E-state index in [2.05, 4.69) is 5.32 Å². The van der Waals surface area contributed by atoms with E-state index in [1.54, 1.807) is 0 Å². The van der Waals surface area contributed by atoms with Gasteiger partial charge in [-0.3, -0.25) is 9.59 Å². The fourth-order valence-corrected chi connectivity index (χ4v) is 2.03. The number of benzene rings is 1. The average Bonchev–Trinajstić information content (AvgIpc) is 2.36. The van der Waals surface area contributed by atoms with E-state index in [1.165, 1.54) is 24.3 Å². The van der Waals surface area contributed by atoms with Gasteiger partial charge in [-0.05, 0) is 24.3 Å². The minimum Gasteiger partial charge on any atom is -0.480 e. The van der Waals surface area contributed by atoms with Crippen LogP contribution in [-0.4, -0.2) is 34.7 Å². The molecule has 0 unspecified atom stereocenters. The SMILES string of the molecule is NC(=O)C[C@H](NC(=O)CSc1ccc(F)cc1)C(=O)O. The van der Waals surface area contributed by atoms with Gasteiger partial charge < -0.3 is 16.2 Å². The Morgan fingerprint density at radius 1 is 1.30 bits per heavy atom. The van der Waals surface area contributed by atoms with E-state index >= 15 is 0 Å². The molecule has 0 saturated carbocycles. The topological polar surface area (TPSA) is 109 Å². The van der Waals surface area contributed by atoms with Crippen LogP contribution in [0.3, 0.4) is 0 Å². The first-order chi connectivity index (χ1) is 9.38. The molecule has 0 heterocycles. The molecule has 0 aliphatic heterocycles. The Morgan fingerprint density at radius 2 is 1.90 bits per heavy atom. The summed E-state index contributed by atoms with van der Waals surface area (Å²) in [6, 6.07) is 4.19. The number of rotatable bonds is 7. The number of aliphatic carboxylic acids is 1. The van der Waals surface area contributed by atoms with Crippen LogP contribution in [0.15, 0.2) is 29.2 Å². The number of amides is 2. The Labute approximate surface area is 118 Å². The van der Waals surface area contributed by atoms with Crippen LogP contribution in [0.5, 0.6) is 0 Å². The first-order valence-corrected chi connectivity index (χ1v) is 6.56. The predicted molar refractivity (Wildman–Crippen MR) is 70.5 cm³/mol. The van der Waals surface area contributed by atoms with Crippen LogP contribution in [0.4, 0.5) is 4.39 Å². The van der Waals surface area contributed by atoms with Gasteiger partial charge in [0.15, 0.2) is 0 Å². The van der Waals surface area contributed by atoms with E-state index in [0.717, 1.165) is 11.8 Å². The summed E-state index contributed by atoms with van der Waals surface area (Å²) >= 11 is 1.12. The van der Waals surface area contributed by atoms with Crippen molar-refractivity contribution in [3.8, 4) is 0 Å². The summed E-state index contributed by atoms with van der Waals surface area (Å²) in [6.45, 7) is 0. The first kappa shape index (κ1) is 16.0. The number of primary amides is 1. The summed E-state index contributed by atoms with van der Waals surface area (Å²) in [5.74, 6) is -3.12. The van der Waals surface area contributed by atoms with Gasteiger partial charge in [0.25, 0.3) is 0 Å². The number of thioether (sulfide) groups is 1. The Morgan fingerprint density at radius 3 is 2.40 bits per heavy atom. The van der Waals surface area contributed by atoms with Gasteiger partial charge in [0.05, 0.1) is 12.2 Å². The van der Waals surface area contributed by atoms with Gasteiger partial charge in [0.1, 0.15) is 11.9 Å². The molecular weight excluding hydrogens is 287 g/mol. The van der Waals surface area contributed by atoms with Crippen molar-refractivity contribution in [3.63, 3.8) is 0 Å². The van der Waals surface area contributed by atoms with Crippen LogP contribution >= 0.6 is 11.8 Å². The van der Waals surface area contributed by atoms with Crippen molar-refractivity contribution in [1.29, 1.82) is 0 Å². The lowest BCUT2D eigenvalue weighted by atomic mass is 10.2. The number of carboxylic acids is 1. The first-order valence-electron chi connectivity index (χ1n) is 5.57. The summed E-state index contributed by atoms with van der Waals surface area (Å²) < 4.78 is 12.7. The number of carbonyl (C=O) groups excluding carboxylic acids is 2. The number of nitrogens with two attached hydrogens (primary N) is 1. The molecule has 20 heavy (non-hydrogen) atoms. The lowest BCUT2D eigenvalue weighted by molar-refractivity contribution is -0.143. The maximum absolute atomic E-state index is 12.7. The minimum absolute atomic E-state index is 0.0474. The Hall–Kier alpha value is -2.09. The number of nitrogens with one attached hydrogen (secondary N) is 1. The van der Waals surface area contributed by atoms with Gasteiger partial charge in [-0.2, -0.15) is 0 Å². The van der Waals surface area contributed by atoms with E-state index in [4.69, 9.17) is 10.8 Å². The third-order valence-corrected chi connectivity index (χ3v) is 3.23. The van der Waals surface area contributed by atoms with Crippen molar-refractivity contribution < 1.29 is 23.9 Å². The molecule has 1 aromatic rings. The van der Waals surface area contributed by atoms with Crippen molar-refractivity contribution in [3.05, 3.63) is 30.1 Å². The highest BCUT2D eigenvalue weighted by atomic mass is 32.2. The fourth-order valence-electron chi connectivity index (χ4n) is 1.32. The largest absolute Gasteiger partial charge is 0.480 e. The molecule has 108 valence electrons. The zero-order valence-corrected chi connectivity index (χ0v) is 11.2. The molecule has 0 saturated heterocycles. The zero-order valence-electron chi connectivity index (χ0n) is 10.3. The molecule has 0 fully saturated rings. The van der Waals surface area contributed by atoms with Crippen LogP contribution in [0.1, 0.15) is 6.42 Å². The van der Waals surface area contributed by atoms with Gasteiger partial charge in [-0.1, -0.05) is 0 Å². The Bertz CT molecular complexity index is 507. The van der Waals surface area contributed by atoms with Crippen molar-refractivity contribution in [2.45, 2.75) is 17.4 Å². The van der Waals surface area contributed by atoms with Crippen molar-refractivity contribution in [2.24, 2.45) is 5.73 Å². The summed E-state index contributed by atoms with van der Waals surface area (Å²) in [4.78, 5) is 33.7. The second kappa shape index (κ2) is 7.49. The molecule has 0 aromatic heterocycles. The van der Waals surface area contributed by atoms with Crippen molar-refractivity contribution in [1.82, 2.24) is 5.32 Å². The van der Waals surface area contributed by atoms with Crippen molar-refractivity contribution >= 4 is 29.5 Å². The summed E-state index contributed by atoms with van der Waals surface area (Å²) in [5, 5.41) is 11.0. The number of carboxylic acid groups (broad SMARTS) is 1. The van der Waals surface area contributed by atoms with E-state index in [0.29, 0.717) is 4.90 Å². The van der Waals surface area contributed by atoms with Crippen LogP contribution in [0.2, 0.25) is 0 Å². The van der Waals surface area contributed by atoms with Crippen LogP contribution in [0, 0.1) is 5.82 Å². The smallest absolute Gasteiger partial charge is 0.326 e. The Balaban J connectivity index is 2.47. The monoisotopic (exact) mass is 300 g/mol. The molecule has 1 aromatic carbocycles. The van der Waals surface area contributed by atoms with Gasteiger partial charge in [0, 0.05) is 4.90 Å². The normalized spacial score (nSPS) is 11.7. The highest BCUT2D eigenvalue weighted by Gasteiger charge is 2.21. The quantitative estimate of drug-likeness (QED) is 0.630. The lowest BCUT2D eigenvalue weighted by Crippen LogP contribution is -2.44. The third kappa shape index (κ3) is 5.70. The maximum atomic E-state index is 12.7. The molecule has 4 N–H and O–H groups in total. The highest BCUT2D eigenvalue weighted by Crippen LogP contribution is 2.17. The molecule has 0 aliphatic rings. The van der Waals surface area contributed by atoms with Crippen molar-refractivity contribution in [2.75, 3.05) is 5.75 Å². The number of carbonyl (C=O) groups is 3. The summed E-state index contributed by atoms with van der Waals surface area (Å²) in [6.07, 6.45) is -0.470. The van der Waals surface area contributed by atoms with E-state index < -0.39 is 30.2 Å². The molecule has 2 amide bonds. The molecular formula is C12H13FN2O4S. The number of hydrogen-bond acceptors (Lipinski definition) is 4. The molecule has 1 rings (SSSR count). The molecule has 8 heteroatoms. The molecule has 6 nitrogen and oxygen atoms in total. The highest BCUT2D eigenvalue weighted by molar-refractivity contribution is 8.00. The molecule has 0 spiro atoms. The van der Waals surface area contributed by atoms with Gasteiger partial charge in [-0.15, -0.1) is 11.8 Å². The van der Waals surface area contributed by atoms with Crippen LogP contribution < -0.4 is 11.1 Å². The van der Waals surface area contributed by atoms with Crippen LogP contribution in [-0.2, 0) is 14.4 Å². The number of halogens is 1. The maximum Gasteiger partial charge on any atom is 0.326 e. The van der Waals surface area contributed by atoms with E-state index in [-0.39, 0.29) is 11.6 Å². The molecule has 1 atom stereocenters. The van der Waals surface area contributed by atoms with E-state index in [9.17, 15) is 18.8 Å². The third-order valence-electron chi connectivity index (χ3n) is 2.22. The van der Waals surface area contributed by atoms with Gasteiger partial charge in [-0.25, -0.2) is 9.18 Å². The fraction of sp³-hybridized carbons (Fsp3) is 0.250. The Kier molecular flexibility index (Phi) is 5.98. The molecule has 0 radical (unpaired) electrons. The van der Waals surface area contributed by atoms with E-state index in [1.807, 2.05) is 0 Å². The lowest BCUT2D eigenvalue weighted by Gasteiger charge is -2.12. The van der Waals surface area contributed by atoms with Crippen LogP contribution in [0.25, 0.3) is 0 Å². The number of hydrogen-bond donors (Lipinski definition) is 3. The predicted octanol–water partition coefficient (Wildman–Crippen LogP) is 0.363. The zero-order chi connectivity index (χ0) is 15.1. The standard InChI is InChI=1S/C12H13FN2O4S/c13-7-1-3-8(4-2-7)20-6-11(17)15-9(12(18)19)5-10(14)16/h1-4,9H,5-6H2,(H2,14,16)(H,15,17)(H,18,19)/t9-/m0/s1. The molecule has 0 aliphatic carbocycles. The summed E-state index contributed by atoms with van der Waals surface area (Å²) in [7, 11) is 0. The molecule has 0 bridgehead atoms.